The number of carboxylic acid groups (broad SMARTS) is 1. The van der Waals surface area contributed by atoms with E-state index in [0.29, 0.717) is 6.42 Å². The van der Waals surface area contributed by atoms with Crippen LogP contribution in [-0.2, 0) is 4.79 Å². The molecule has 0 aliphatic carbocycles. The molecule has 0 amide bonds. The number of hydrogen-bond acceptors (Lipinski definition) is 4. The van der Waals surface area contributed by atoms with E-state index >= 15 is 0 Å². The molecule has 0 saturated carbocycles. The molecule has 0 aliphatic heterocycles. The van der Waals surface area contributed by atoms with Crippen LogP contribution < -0.4 is 11.7 Å². The number of unbranched alkanes of at least 4 members (excludes halogenated alkanes) is 8. The molecule has 0 heterocycles. The molecule has 1 unspecified atom stereocenters. The van der Waals surface area contributed by atoms with Crippen molar-refractivity contribution in [3.63, 3.8) is 0 Å². The second-order valence-corrected chi connectivity index (χ2v) is 5.91. The first-order valence-electron chi connectivity index (χ1n) is 9.05. The molecule has 5 nitrogen and oxygen atoms in total. The van der Waals surface area contributed by atoms with Crippen LogP contribution in [0.3, 0.4) is 0 Å². The minimum Gasteiger partial charge on any atom is -0.481 e. The Hall–Kier alpha value is -0.910. The van der Waals surface area contributed by atoms with Crippen molar-refractivity contribution in [2.75, 3.05) is 0 Å². The SMILES string of the molecule is CCCCCCC(O)C/C=C\CCCCCCCC(=O)O.NN. The molecule has 0 spiro atoms. The summed E-state index contributed by atoms with van der Waals surface area (Å²) < 4.78 is 0. The highest BCUT2D eigenvalue weighted by molar-refractivity contribution is 5.66. The zero-order valence-electron chi connectivity index (χ0n) is 14.9. The summed E-state index contributed by atoms with van der Waals surface area (Å²) in [6, 6.07) is 0. The van der Waals surface area contributed by atoms with Crippen LogP contribution >= 0.6 is 0 Å². The second-order valence-electron chi connectivity index (χ2n) is 5.91. The third-order valence-corrected chi connectivity index (χ3v) is 3.73. The molecule has 23 heavy (non-hydrogen) atoms. The number of nitrogens with two attached hydrogens (primary N) is 2. The van der Waals surface area contributed by atoms with Gasteiger partial charge in [0.05, 0.1) is 6.10 Å². The number of aliphatic carboxylic acids is 1. The highest BCUT2D eigenvalue weighted by Crippen LogP contribution is 2.10. The van der Waals surface area contributed by atoms with E-state index in [-0.39, 0.29) is 6.10 Å². The Bertz CT molecular complexity index is 271. The molecule has 0 aromatic heterocycles. The Balaban J connectivity index is 0. The number of hydrogen-bond donors (Lipinski definition) is 4. The lowest BCUT2D eigenvalue weighted by Gasteiger charge is -2.07. The molecule has 6 N–H and O–H groups in total. The molecule has 0 aliphatic rings. The van der Waals surface area contributed by atoms with Gasteiger partial charge in [0, 0.05) is 6.42 Å². The van der Waals surface area contributed by atoms with Crippen molar-refractivity contribution in [1.82, 2.24) is 0 Å². The zero-order chi connectivity index (χ0) is 17.8. The summed E-state index contributed by atoms with van der Waals surface area (Å²) in [4.78, 5) is 10.3. The minimum atomic E-state index is -0.689. The van der Waals surface area contributed by atoms with Crippen molar-refractivity contribution >= 4 is 5.97 Å². The highest BCUT2D eigenvalue weighted by Gasteiger charge is 2.00. The summed E-state index contributed by atoms with van der Waals surface area (Å²) >= 11 is 0. The van der Waals surface area contributed by atoms with E-state index in [1.54, 1.807) is 0 Å². The van der Waals surface area contributed by atoms with Gasteiger partial charge in [-0.1, -0.05) is 64.0 Å². The fourth-order valence-corrected chi connectivity index (χ4v) is 2.36. The lowest BCUT2D eigenvalue weighted by atomic mass is 10.1. The first-order chi connectivity index (χ1) is 11.2. The fraction of sp³-hybridized carbons (Fsp3) is 0.833. The summed E-state index contributed by atoms with van der Waals surface area (Å²) in [5, 5.41) is 18.3. The number of hydrazine groups is 1. The van der Waals surface area contributed by atoms with Crippen LogP contribution in [0.25, 0.3) is 0 Å². The van der Waals surface area contributed by atoms with Crippen LogP contribution in [0.5, 0.6) is 0 Å². The van der Waals surface area contributed by atoms with Gasteiger partial charge >= 0.3 is 5.97 Å². The lowest BCUT2D eigenvalue weighted by Crippen LogP contribution is -2.04. The van der Waals surface area contributed by atoms with Gasteiger partial charge in [-0.15, -0.1) is 0 Å². The van der Waals surface area contributed by atoms with Crippen LogP contribution in [0.4, 0.5) is 0 Å². The molecular formula is C18H38N2O3. The quantitative estimate of drug-likeness (QED) is 0.157. The third-order valence-electron chi connectivity index (χ3n) is 3.73. The molecule has 0 bridgehead atoms. The molecule has 1 atom stereocenters. The van der Waals surface area contributed by atoms with Crippen molar-refractivity contribution in [2.24, 2.45) is 11.7 Å². The average molecular weight is 331 g/mol. The molecule has 0 aromatic rings. The molecule has 0 fully saturated rings. The summed E-state index contributed by atoms with van der Waals surface area (Å²) in [6.07, 6.45) is 17.4. The second kappa shape index (κ2) is 21.1. The van der Waals surface area contributed by atoms with Crippen LogP contribution in [0, 0.1) is 0 Å². The maximum absolute atomic E-state index is 10.3. The van der Waals surface area contributed by atoms with Crippen LogP contribution in [0.2, 0.25) is 0 Å². The minimum absolute atomic E-state index is 0.172. The standard InChI is InChI=1S/C18H34O3.H4N2/c1-2-3-4-11-14-17(19)15-12-9-7-5-6-8-10-13-16-18(20)21;1-2/h9,12,17,19H,2-8,10-11,13-16H2,1H3,(H,20,21);1-2H2/b12-9-;. The van der Waals surface area contributed by atoms with E-state index in [1.807, 2.05) is 0 Å². The number of aliphatic hydroxyl groups is 1. The van der Waals surface area contributed by atoms with E-state index in [2.05, 4.69) is 30.8 Å². The van der Waals surface area contributed by atoms with Gasteiger partial charge in [0.25, 0.3) is 0 Å². The van der Waals surface area contributed by atoms with Gasteiger partial charge in [0.15, 0.2) is 0 Å². The lowest BCUT2D eigenvalue weighted by molar-refractivity contribution is -0.137. The van der Waals surface area contributed by atoms with Crippen molar-refractivity contribution in [3.8, 4) is 0 Å². The number of aliphatic hydroxyl groups excluding tert-OH is 1. The van der Waals surface area contributed by atoms with Gasteiger partial charge in [0.1, 0.15) is 0 Å². The number of rotatable bonds is 15. The molecule has 0 aromatic carbocycles. The molecule has 0 radical (unpaired) electrons. The van der Waals surface area contributed by atoms with Gasteiger partial charge in [-0.05, 0) is 32.1 Å². The van der Waals surface area contributed by atoms with Crippen molar-refractivity contribution in [2.45, 2.75) is 96.5 Å². The van der Waals surface area contributed by atoms with Crippen molar-refractivity contribution in [3.05, 3.63) is 12.2 Å². The zero-order valence-corrected chi connectivity index (χ0v) is 14.9. The highest BCUT2D eigenvalue weighted by atomic mass is 16.4. The van der Waals surface area contributed by atoms with Crippen molar-refractivity contribution < 1.29 is 15.0 Å². The first-order valence-corrected chi connectivity index (χ1v) is 9.05. The van der Waals surface area contributed by atoms with Crippen LogP contribution in [0.1, 0.15) is 90.4 Å². The maximum atomic E-state index is 10.3. The topological polar surface area (TPSA) is 110 Å². The van der Waals surface area contributed by atoms with Gasteiger partial charge in [-0.3, -0.25) is 16.5 Å². The monoisotopic (exact) mass is 330 g/mol. The third kappa shape index (κ3) is 23.5. The number of carboxylic acids is 1. The molecule has 138 valence electrons. The predicted octanol–water partition coefficient (Wildman–Crippen LogP) is 3.90. The Labute approximate surface area is 142 Å². The van der Waals surface area contributed by atoms with E-state index in [0.717, 1.165) is 51.4 Å². The van der Waals surface area contributed by atoms with Crippen LogP contribution in [0.15, 0.2) is 12.2 Å². The van der Waals surface area contributed by atoms with E-state index in [1.165, 1.54) is 25.7 Å². The summed E-state index contributed by atoms with van der Waals surface area (Å²) in [5.41, 5.74) is 0. The summed E-state index contributed by atoms with van der Waals surface area (Å²) in [7, 11) is 0. The Morgan fingerprint density at radius 1 is 0.957 bits per heavy atom. The molecular weight excluding hydrogens is 292 g/mol. The normalized spacial score (nSPS) is 12.0. The number of allylic oxidation sites excluding steroid dienone is 1. The largest absolute Gasteiger partial charge is 0.481 e. The summed E-state index contributed by atoms with van der Waals surface area (Å²) in [5.74, 6) is 7.31. The van der Waals surface area contributed by atoms with Gasteiger partial charge in [-0.25, -0.2) is 0 Å². The van der Waals surface area contributed by atoms with Gasteiger partial charge in [0.2, 0.25) is 0 Å². The Morgan fingerprint density at radius 3 is 2.22 bits per heavy atom. The molecule has 0 saturated heterocycles. The smallest absolute Gasteiger partial charge is 0.303 e. The maximum Gasteiger partial charge on any atom is 0.303 e. The van der Waals surface area contributed by atoms with Gasteiger partial charge < -0.3 is 10.2 Å². The fourth-order valence-electron chi connectivity index (χ4n) is 2.36. The predicted molar refractivity (Wildman–Crippen MR) is 96.9 cm³/mol. The average Bonchev–Trinajstić information content (AvgIpc) is 2.55. The first kappa shape index (κ1) is 24.3. The number of carbonyl (C=O) groups is 1. The van der Waals surface area contributed by atoms with Crippen molar-refractivity contribution in [1.29, 1.82) is 0 Å². The molecule has 5 heteroatoms. The molecule has 0 rings (SSSR count). The Morgan fingerprint density at radius 2 is 1.57 bits per heavy atom. The van der Waals surface area contributed by atoms with Gasteiger partial charge in [-0.2, -0.15) is 0 Å². The van der Waals surface area contributed by atoms with E-state index in [9.17, 15) is 9.90 Å². The van der Waals surface area contributed by atoms with Crippen LogP contribution in [-0.4, -0.2) is 22.3 Å². The Kier molecular flexibility index (Phi) is 22.3. The summed E-state index contributed by atoms with van der Waals surface area (Å²) in [6.45, 7) is 2.20. The van der Waals surface area contributed by atoms with E-state index in [4.69, 9.17) is 5.11 Å². The van der Waals surface area contributed by atoms with E-state index < -0.39 is 5.97 Å².